The highest BCUT2D eigenvalue weighted by Crippen LogP contribution is 2.53. The Bertz CT molecular complexity index is 2010. The number of hydrogen-bond acceptors (Lipinski definition) is 3. The first-order valence-electron chi connectivity index (χ1n) is 13.8. The van der Waals surface area contributed by atoms with Gasteiger partial charge in [0, 0.05) is 22.7 Å². The summed E-state index contributed by atoms with van der Waals surface area (Å²) >= 11 is 0. The number of halogens is 1. The average Bonchev–Trinajstić information content (AvgIpc) is 3.02. The van der Waals surface area contributed by atoms with Crippen molar-refractivity contribution in [2.45, 2.75) is 0 Å². The molecule has 0 bridgehead atoms. The van der Waals surface area contributed by atoms with Gasteiger partial charge >= 0.3 is 0 Å². The number of rotatable bonds is 2. The minimum Gasteiger partial charge on any atom is -0.453 e. The molecule has 0 atom stereocenters. The molecule has 0 N–H and O–H groups in total. The quantitative estimate of drug-likeness (QED) is 0.214. The van der Waals surface area contributed by atoms with E-state index in [1.165, 1.54) is 28.5 Å². The van der Waals surface area contributed by atoms with Crippen molar-refractivity contribution in [2.75, 3.05) is 9.80 Å². The van der Waals surface area contributed by atoms with Crippen molar-refractivity contribution in [3.63, 3.8) is 0 Å². The number of ether oxygens (including phenoxy) is 1. The zero-order valence-corrected chi connectivity index (χ0v) is 22.0. The number of benzene rings is 6. The van der Waals surface area contributed by atoms with Gasteiger partial charge < -0.3 is 14.5 Å². The Balaban J connectivity index is 1.43. The molecule has 0 saturated carbocycles. The van der Waals surface area contributed by atoms with Crippen LogP contribution in [-0.2, 0) is 0 Å². The van der Waals surface area contributed by atoms with E-state index in [0.717, 1.165) is 56.8 Å². The van der Waals surface area contributed by atoms with Gasteiger partial charge in [0.15, 0.2) is 11.5 Å². The molecule has 192 valence electrons. The van der Waals surface area contributed by atoms with Crippen molar-refractivity contribution in [1.29, 1.82) is 0 Å². The van der Waals surface area contributed by atoms with Crippen LogP contribution in [0, 0.1) is 5.82 Å². The van der Waals surface area contributed by atoms with Gasteiger partial charge in [0.25, 0.3) is 6.71 Å². The lowest BCUT2D eigenvalue weighted by molar-refractivity contribution is 0.477. The predicted molar refractivity (Wildman–Crippen MR) is 166 cm³/mol. The zero-order chi connectivity index (χ0) is 27.1. The fourth-order valence-corrected chi connectivity index (χ4v) is 6.81. The molecule has 9 rings (SSSR count). The summed E-state index contributed by atoms with van der Waals surface area (Å²) in [6.07, 6.45) is 0. The van der Waals surface area contributed by atoms with E-state index >= 15 is 0 Å². The van der Waals surface area contributed by atoms with E-state index in [-0.39, 0.29) is 12.5 Å². The second kappa shape index (κ2) is 8.36. The van der Waals surface area contributed by atoms with E-state index in [9.17, 15) is 4.39 Å². The molecule has 3 heterocycles. The minimum atomic E-state index is -0.242. The van der Waals surface area contributed by atoms with Crippen LogP contribution >= 0.6 is 0 Å². The van der Waals surface area contributed by atoms with Crippen LogP contribution in [0.1, 0.15) is 0 Å². The van der Waals surface area contributed by atoms with E-state index in [4.69, 9.17) is 4.74 Å². The molecule has 0 unspecified atom stereocenters. The first-order chi connectivity index (χ1) is 20.3. The Morgan fingerprint density at radius 3 is 2.00 bits per heavy atom. The molecule has 0 saturated heterocycles. The summed E-state index contributed by atoms with van der Waals surface area (Å²) in [5.41, 5.74) is 12.3. The molecule has 3 aliphatic rings. The van der Waals surface area contributed by atoms with E-state index in [1.807, 2.05) is 24.3 Å². The molecule has 6 aromatic carbocycles. The molecule has 3 nitrogen and oxygen atoms in total. The van der Waals surface area contributed by atoms with Gasteiger partial charge in [-0.3, -0.25) is 0 Å². The van der Waals surface area contributed by atoms with Crippen molar-refractivity contribution in [3.8, 4) is 22.6 Å². The summed E-state index contributed by atoms with van der Waals surface area (Å²) in [6, 6.07) is 45.2. The monoisotopic (exact) mass is 528 g/mol. The molecule has 6 aromatic rings. The highest BCUT2D eigenvalue weighted by Gasteiger charge is 2.45. The van der Waals surface area contributed by atoms with Gasteiger partial charge in [0.2, 0.25) is 0 Å². The highest BCUT2D eigenvalue weighted by atomic mass is 19.1. The maximum absolute atomic E-state index is 14.0. The lowest BCUT2D eigenvalue weighted by Gasteiger charge is -2.46. The molecule has 3 aliphatic heterocycles. The fraction of sp³-hybridized carbons (Fsp3) is 0. The van der Waals surface area contributed by atoms with Gasteiger partial charge in [-0.2, -0.15) is 0 Å². The smallest absolute Gasteiger partial charge is 0.252 e. The molecule has 0 aliphatic carbocycles. The van der Waals surface area contributed by atoms with Gasteiger partial charge in [0.1, 0.15) is 5.82 Å². The summed E-state index contributed by atoms with van der Waals surface area (Å²) < 4.78 is 20.5. The van der Waals surface area contributed by atoms with Crippen molar-refractivity contribution in [1.82, 2.24) is 0 Å². The first kappa shape index (κ1) is 22.5. The average molecular weight is 528 g/mol. The zero-order valence-electron chi connectivity index (χ0n) is 22.0. The minimum absolute atomic E-state index is 0.0264. The number of hydrogen-bond donors (Lipinski definition) is 0. The van der Waals surface area contributed by atoms with E-state index < -0.39 is 0 Å². The summed E-state index contributed by atoms with van der Waals surface area (Å²) in [6.45, 7) is 0.0264. The second-order valence-electron chi connectivity index (χ2n) is 10.7. The van der Waals surface area contributed by atoms with Crippen molar-refractivity contribution in [3.05, 3.63) is 139 Å². The Hall–Kier alpha value is -5.29. The molecule has 0 amide bonds. The molecular formula is C36H22BFN2O. The summed E-state index contributed by atoms with van der Waals surface area (Å²) in [5.74, 6) is 1.44. The number of nitrogens with zero attached hydrogens (tertiary/aromatic N) is 2. The topological polar surface area (TPSA) is 15.7 Å². The van der Waals surface area contributed by atoms with Gasteiger partial charge in [-0.1, -0.05) is 72.8 Å². The third kappa shape index (κ3) is 3.14. The third-order valence-corrected chi connectivity index (χ3v) is 8.48. The Morgan fingerprint density at radius 2 is 1.17 bits per heavy atom. The summed E-state index contributed by atoms with van der Waals surface area (Å²) in [4.78, 5) is 4.74. The first-order valence-corrected chi connectivity index (χ1v) is 13.8. The van der Waals surface area contributed by atoms with Crippen LogP contribution in [0.5, 0.6) is 11.5 Å². The Morgan fingerprint density at radius 1 is 0.512 bits per heavy atom. The molecule has 5 heteroatoms. The third-order valence-electron chi connectivity index (χ3n) is 8.48. The van der Waals surface area contributed by atoms with Crippen molar-refractivity contribution < 1.29 is 9.13 Å². The van der Waals surface area contributed by atoms with Crippen LogP contribution in [0.2, 0.25) is 0 Å². The Labute approximate surface area is 237 Å². The number of anilines is 6. The Kier molecular flexibility index (Phi) is 4.59. The molecule has 0 radical (unpaired) electrons. The molecule has 41 heavy (non-hydrogen) atoms. The molecule has 0 aromatic heterocycles. The highest BCUT2D eigenvalue weighted by molar-refractivity contribution is 7.00. The second-order valence-corrected chi connectivity index (χ2v) is 10.7. The number of fused-ring (bicyclic) bond motifs is 6. The largest absolute Gasteiger partial charge is 0.453 e. The molecular weight excluding hydrogens is 506 g/mol. The van der Waals surface area contributed by atoms with Gasteiger partial charge in [0.05, 0.1) is 11.4 Å². The van der Waals surface area contributed by atoms with Crippen LogP contribution in [0.3, 0.4) is 0 Å². The lowest BCUT2D eigenvalue weighted by Crippen LogP contribution is -2.61. The lowest BCUT2D eigenvalue weighted by atomic mass is 9.33. The van der Waals surface area contributed by atoms with Crippen LogP contribution < -0.4 is 30.9 Å². The van der Waals surface area contributed by atoms with Gasteiger partial charge in [-0.25, -0.2) is 4.39 Å². The van der Waals surface area contributed by atoms with Crippen molar-refractivity contribution in [2.24, 2.45) is 0 Å². The van der Waals surface area contributed by atoms with E-state index in [1.54, 1.807) is 0 Å². The summed E-state index contributed by atoms with van der Waals surface area (Å²) in [5, 5.41) is 0. The standard InChI is InChI=1S/C36H22BFN2O/c38-25-19-17-23(18-20-25)24-21-31-35-32(22-24)40-30-14-6-7-15-33(30)41-34-16-8-12-28(36(34)40)37(35)27-11-4-5-13-29(27)39(31)26-9-2-1-3-10-26/h1-22H. The fourth-order valence-electron chi connectivity index (χ4n) is 6.81. The van der Waals surface area contributed by atoms with Gasteiger partial charge in [-0.05, 0) is 88.2 Å². The van der Waals surface area contributed by atoms with E-state index in [2.05, 4.69) is 107 Å². The van der Waals surface area contributed by atoms with Crippen LogP contribution in [0.15, 0.2) is 133 Å². The normalized spacial score (nSPS) is 13.5. The SMILES string of the molecule is Fc1ccc(-c2cc3c4c(c2)N2c5ccccc5Oc5cccc(c52)B4c2ccccc2N3c2ccccc2)cc1. The maximum atomic E-state index is 14.0. The number of para-hydroxylation sites is 5. The molecule has 0 fully saturated rings. The molecule has 0 spiro atoms. The van der Waals surface area contributed by atoms with Crippen LogP contribution in [0.4, 0.5) is 38.5 Å². The van der Waals surface area contributed by atoms with Crippen LogP contribution in [-0.4, -0.2) is 6.71 Å². The van der Waals surface area contributed by atoms with E-state index in [0.29, 0.717) is 0 Å². The van der Waals surface area contributed by atoms with Crippen molar-refractivity contribution >= 4 is 57.2 Å². The van der Waals surface area contributed by atoms with Gasteiger partial charge in [-0.15, -0.1) is 0 Å². The predicted octanol–water partition coefficient (Wildman–Crippen LogP) is 7.68. The van der Waals surface area contributed by atoms with Crippen LogP contribution in [0.25, 0.3) is 11.1 Å². The summed E-state index contributed by atoms with van der Waals surface area (Å²) in [7, 11) is 0. The maximum Gasteiger partial charge on any atom is 0.252 e.